The third-order valence-electron chi connectivity index (χ3n) is 5.81. The molecule has 0 unspecified atom stereocenters. The summed E-state index contributed by atoms with van der Waals surface area (Å²) < 4.78 is 2.45. The van der Waals surface area contributed by atoms with Crippen LogP contribution in [0.4, 0.5) is 16.3 Å². The van der Waals surface area contributed by atoms with Crippen molar-refractivity contribution in [3.63, 3.8) is 0 Å². The largest absolute Gasteiger partial charge is 0.507 e. The number of phenols is 1. The molecular weight excluding hydrogens is 532 g/mol. The first-order valence-electron chi connectivity index (χ1n) is 11.8. The van der Waals surface area contributed by atoms with Crippen molar-refractivity contribution in [1.82, 2.24) is 19.9 Å². The Morgan fingerprint density at radius 2 is 1.73 bits per heavy atom. The van der Waals surface area contributed by atoms with Crippen LogP contribution < -0.4 is 16.0 Å². The van der Waals surface area contributed by atoms with Gasteiger partial charge in [0.1, 0.15) is 11.6 Å². The van der Waals surface area contributed by atoms with Gasteiger partial charge in [-0.05, 0) is 57.7 Å². The number of aromatic hydroxyl groups is 1. The Morgan fingerprint density at radius 1 is 0.946 bits per heavy atom. The molecule has 4 N–H and O–H groups in total. The molecule has 0 fully saturated rings. The predicted molar refractivity (Wildman–Crippen MR) is 149 cm³/mol. The second-order valence-corrected chi connectivity index (χ2v) is 9.30. The monoisotopic (exact) mass is 556 g/mol. The maximum Gasteiger partial charge on any atom is 0.319 e. The van der Waals surface area contributed by atoms with Crippen molar-refractivity contribution < 1.29 is 9.90 Å². The van der Waals surface area contributed by atoms with Gasteiger partial charge in [-0.1, -0.05) is 54.6 Å². The Morgan fingerprint density at radius 3 is 2.57 bits per heavy atom. The number of para-hydroxylation sites is 1. The molecule has 5 rings (SSSR count). The first-order chi connectivity index (χ1) is 18.1. The topological polar surface area (TPSA) is 104 Å². The van der Waals surface area contributed by atoms with Gasteiger partial charge in [0.15, 0.2) is 5.65 Å². The third kappa shape index (κ3) is 5.90. The van der Waals surface area contributed by atoms with Crippen LogP contribution in [0.15, 0.2) is 95.6 Å². The van der Waals surface area contributed by atoms with Crippen LogP contribution in [-0.4, -0.2) is 32.3 Å². The van der Waals surface area contributed by atoms with E-state index in [0.717, 1.165) is 16.5 Å². The minimum Gasteiger partial charge on any atom is -0.507 e. The average Bonchev–Trinajstić information content (AvgIpc) is 3.29. The summed E-state index contributed by atoms with van der Waals surface area (Å²) in [6.45, 7) is 1.04. The molecule has 5 aromatic rings. The Bertz CT molecular complexity index is 1540. The number of anilines is 2. The van der Waals surface area contributed by atoms with Gasteiger partial charge in [0.25, 0.3) is 0 Å². The molecule has 37 heavy (non-hydrogen) atoms. The number of benzene rings is 3. The van der Waals surface area contributed by atoms with Gasteiger partial charge in [-0.3, -0.25) is 0 Å². The van der Waals surface area contributed by atoms with Crippen molar-refractivity contribution in [3.05, 3.63) is 107 Å². The van der Waals surface area contributed by atoms with E-state index in [4.69, 9.17) is 0 Å². The molecule has 0 atom stereocenters. The number of nitrogens with zero attached hydrogens (tertiary/aromatic N) is 3. The molecule has 0 radical (unpaired) electrons. The number of hydrogen-bond acceptors (Lipinski definition) is 5. The number of rotatable bonds is 8. The van der Waals surface area contributed by atoms with Crippen LogP contribution in [-0.2, 0) is 13.0 Å². The van der Waals surface area contributed by atoms with Gasteiger partial charge in [0.2, 0.25) is 0 Å². The van der Waals surface area contributed by atoms with E-state index in [1.54, 1.807) is 22.8 Å². The molecule has 0 aliphatic heterocycles. The lowest BCUT2D eigenvalue weighted by Crippen LogP contribution is -2.30. The standard InChI is InChI=1S/C28H25BrN6O2/c29-23-18-32-35-26(16-24(34-27(23)35)22-11-4-5-12-25(22)36)31-17-20-9-6-10-21(15-20)33-28(37)30-14-13-19-7-2-1-3-8-19/h1-12,15-16,18,31,36H,13-14,17H2,(H2,30,33,37). The van der Waals surface area contributed by atoms with Gasteiger partial charge in [0.05, 0.1) is 16.4 Å². The molecule has 0 saturated carbocycles. The number of halogens is 1. The molecule has 186 valence electrons. The number of nitrogens with one attached hydrogen (secondary N) is 3. The van der Waals surface area contributed by atoms with E-state index in [-0.39, 0.29) is 11.8 Å². The molecule has 0 aliphatic rings. The molecule has 2 heterocycles. The molecule has 2 aromatic heterocycles. The molecule has 9 heteroatoms. The van der Waals surface area contributed by atoms with E-state index in [0.29, 0.717) is 41.5 Å². The van der Waals surface area contributed by atoms with Crippen molar-refractivity contribution >= 4 is 39.1 Å². The first-order valence-corrected chi connectivity index (χ1v) is 12.6. The van der Waals surface area contributed by atoms with Crippen LogP contribution in [0, 0.1) is 0 Å². The number of carbonyl (C=O) groups excluding carboxylic acids is 1. The second-order valence-electron chi connectivity index (χ2n) is 8.44. The summed E-state index contributed by atoms with van der Waals surface area (Å²) in [4.78, 5) is 17.0. The smallest absolute Gasteiger partial charge is 0.319 e. The molecule has 0 aliphatic carbocycles. The fourth-order valence-electron chi connectivity index (χ4n) is 3.98. The number of carbonyl (C=O) groups is 1. The Labute approximate surface area is 222 Å². The molecular formula is C28H25BrN6O2. The normalized spacial score (nSPS) is 10.8. The summed E-state index contributed by atoms with van der Waals surface area (Å²) in [6, 6.07) is 26.4. The Balaban J connectivity index is 1.26. The van der Waals surface area contributed by atoms with Crippen molar-refractivity contribution in [2.24, 2.45) is 0 Å². The minimum absolute atomic E-state index is 0.154. The van der Waals surface area contributed by atoms with E-state index in [1.165, 1.54) is 5.56 Å². The zero-order valence-corrected chi connectivity index (χ0v) is 21.4. The summed E-state index contributed by atoms with van der Waals surface area (Å²) in [5, 5.41) is 24.0. The van der Waals surface area contributed by atoms with Crippen LogP contribution in [0.5, 0.6) is 5.75 Å². The lowest BCUT2D eigenvalue weighted by atomic mass is 10.1. The highest BCUT2D eigenvalue weighted by Gasteiger charge is 2.13. The van der Waals surface area contributed by atoms with Gasteiger partial charge in [-0.2, -0.15) is 9.61 Å². The third-order valence-corrected chi connectivity index (χ3v) is 6.37. The van der Waals surface area contributed by atoms with E-state index < -0.39 is 0 Å². The zero-order valence-electron chi connectivity index (χ0n) is 19.9. The fraction of sp³-hybridized carbons (Fsp3) is 0.107. The highest BCUT2D eigenvalue weighted by molar-refractivity contribution is 9.10. The Hall–Kier alpha value is -4.37. The molecule has 3 aromatic carbocycles. The van der Waals surface area contributed by atoms with Crippen molar-refractivity contribution in [2.45, 2.75) is 13.0 Å². The summed E-state index contributed by atoms with van der Waals surface area (Å²) in [7, 11) is 0. The summed E-state index contributed by atoms with van der Waals surface area (Å²) >= 11 is 3.50. The number of phenolic OH excluding ortho intramolecular Hbond substituents is 1. The first kappa shape index (κ1) is 24.3. The molecule has 2 amide bonds. The number of hydrogen-bond donors (Lipinski definition) is 4. The number of urea groups is 1. The van der Waals surface area contributed by atoms with Crippen molar-refractivity contribution in [2.75, 3.05) is 17.2 Å². The zero-order chi connectivity index (χ0) is 25.6. The second kappa shape index (κ2) is 11.1. The van der Waals surface area contributed by atoms with E-state index in [1.807, 2.05) is 72.8 Å². The van der Waals surface area contributed by atoms with Gasteiger partial charge < -0.3 is 21.1 Å². The van der Waals surface area contributed by atoms with Gasteiger partial charge in [0, 0.05) is 30.4 Å². The SMILES string of the molecule is O=C(NCCc1ccccc1)Nc1cccc(CNc2cc(-c3ccccc3O)nc3c(Br)cnn23)c1. The van der Waals surface area contributed by atoms with Crippen molar-refractivity contribution in [1.29, 1.82) is 0 Å². The highest BCUT2D eigenvalue weighted by atomic mass is 79.9. The van der Waals surface area contributed by atoms with Crippen LogP contribution in [0.3, 0.4) is 0 Å². The minimum atomic E-state index is -0.245. The number of amides is 2. The average molecular weight is 557 g/mol. The lowest BCUT2D eigenvalue weighted by Gasteiger charge is -2.13. The van der Waals surface area contributed by atoms with E-state index in [2.05, 4.69) is 42.0 Å². The Kier molecular flexibility index (Phi) is 7.32. The number of fused-ring (bicyclic) bond motifs is 1. The van der Waals surface area contributed by atoms with Gasteiger partial charge in [-0.15, -0.1) is 0 Å². The quantitative estimate of drug-likeness (QED) is 0.192. The molecule has 0 spiro atoms. The van der Waals surface area contributed by atoms with Crippen molar-refractivity contribution in [3.8, 4) is 17.0 Å². The van der Waals surface area contributed by atoms with E-state index in [9.17, 15) is 9.90 Å². The van der Waals surface area contributed by atoms with Crippen LogP contribution >= 0.6 is 15.9 Å². The predicted octanol–water partition coefficient (Wildman–Crippen LogP) is 5.84. The summed E-state index contributed by atoms with van der Waals surface area (Å²) in [5.41, 5.74) is 4.74. The number of aromatic nitrogens is 3. The highest BCUT2D eigenvalue weighted by Crippen LogP contribution is 2.31. The van der Waals surface area contributed by atoms with E-state index >= 15 is 0 Å². The van der Waals surface area contributed by atoms with Crippen LogP contribution in [0.25, 0.3) is 16.9 Å². The summed E-state index contributed by atoms with van der Waals surface area (Å²) in [5.74, 6) is 0.868. The van der Waals surface area contributed by atoms with Crippen LogP contribution in [0.2, 0.25) is 0 Å². The van der Waals surface area contributed by atoms with Crippen LogP contribution in [0.1, 0.15) is 11.1 Å². The van der Waals surface area contributed by atoms with Gasteiger partial charge in [-0.25, -0.2) is 9.78 Å². The molecule has 0 saturated heterocycles. The molecule has 8 nitrogen and oxygen atoms in total. The lowest BCUT2D eigenvalue weighted by molar-refractivity contribution is 0.252. The summed E-state index contributed by atoms with van der Waals surface area (Å²) in [6.07, 6.45) is 2.45. The molecule has 0 bridgehead atoms. The maximum absolute atomic E-state index is 12.4. The van der Waals surface area contributed by atoms with Gasteiger partial charge >= 0.3 is 6.03 Å². The maximum atomic E-state index is 12.4. The fourth-order valence-corrected chi connectivity index (χ4v) is 4.33.